The van der Waals surface area contributed by atoms with Crippen molar-refractivity contribution in [2.75, 3.05) is 7.11 Å². The molecular weight excluding hydrogens is 267 g/mol. The molecule has 0 atom stereocenters. The Hall–Kier alpha value is -2.30. The zero-order chi connectivity index (χ0) is 14.6. The highest BCUT2D eigenvalue weighted by atomic mass is 19.4. The first-order valence-corrected chi connectivity index (χ1v) is 5.86. The Morgan fingerprint density at radius 2 is 1.45 bits per heavy atom. The van der Waals surface area contributed by atoms with Crippen LogP contribution < -0.4 is 0 Å². The summed E-state index contributed by atoms with van der Waals surface area (Å²) in [5.41, 5.74) is 1.13. The van der Waals surface area contributed by atoms with Gasteiger partial charge in [-0.2, -0.15) is 13.2 Å². The predicted molar refractivity (Wildman–Crippen MR) is 70.5 cm³/mol. The molecule has 2 nitrogen and oxygen atoms in total. The first-order chi connectivity index (χ1) is 9.52. The van der Waals surface area contributed by atoms with Crippen LogP contribution in [0.1, 0.15) is 16.7 Å². The van der Waals surface area contributed by atoms with Crippen LogP contribution in [0.25, 0.3) is 0 Å². The van der Waals surface area contributed by atoms with E-state index in [1.54, 1.807) is 0 Å². The van der Waals surface area contributed by atoms with E-state index in [4.69, 9.17) is 4.84 Å². The van der Waals surface area contributed by atoms with E-state index >= 15 is 0 Å². The summed E-state index contributed by atoms with van der Waals surface area (Å²) in [4.78, 5) is 4.78. The summed E-state index contributed by atoms with van der Waals surface area (Å²) in [6, 6.07) is 14.0. The zero-order valence-electron chi connectivity index (χ0n) is 10.7. The third-order valence-electron chi connectivity index (χ3n) is 2.72. The Morgan fingerprint density at radius 1 is 0.900 bits per heavy atom. The van der Waals surface area contributed by atoms with E-state index in [0.717, 1.165) is 17.7 Å². The maximum absolute atomic E-state index is 12.5. The minimum atomic E-state index is -4.34. The van der Waals surface area contributed by atoms with E-state index in [1.165, 1.54) is 19.2 Å². The maximum atomic E-state index is 12.5. The average molecular weight is 279 g/mol. The van der Waals surface area contributed by atoms with Crippen molar-refractivity contribution in [3.05, 3.63) is 71.3 Å². The number of nitrogens with zero attached hydrogens (tertiary/aromatic N) is 1. The Bertz CT molecular complexity index is 589. The van der Waals surface area contributed by atoms with Gasteiger partial charge in [-0.15, -0.1) is 0 Å². The van der Waals surface area contributed by atoms with E-state index < -0.39 is 11.7 Å². The van der Waals surface area contributed by atoms with Crippen LogP contribution in [-0.2, 0) is 11.0 Å². The van der Waals surface area contributed by atoms with Gasteiger partial charge in [0.25, 0.3) is 0 Å². The lowest BCUT2D eigenvalue weighted by Gasteiger charge is -2.09. The minimum Gasteiger partial charge on any atom is -0.399 e. The molecule has 0 unspecified atom stereocenters. The van der Waals surface area contributed by atoms with Gasteiger partial charge in [-0.05, 0) is 12.1 Å². The van der Waals surface area contributed by atoms with Crippen LogP contribution in [0.3, 0.4) is 0 Å². The first kappa shape index (κ1) is 14.1. The van der Waals surface area contributed by atoms with Gasteiger partial charge in [-0.1, -0.05) is 47.6 Å². The van der Waals surface area contributed by atoms with Gasteiger partial charge < -0.3 is 4.84 Å². The molecule has 2 rings (SSSR count). The van der Waals surface area contributed by atoms with Crippen LogP contribution in [0.2, 0.25) is 0 Å². The lowest BCUT2D eigenvalue weighted by Crippen LogP contribution is -2.07. The summed E-state index contributed by atoms with van der Waals surface area (Å²) in [6.07, 6.45) is -4.34. The second-order valence-corrected chi connectivity index (χ2v) is 4.06. The Kier molecular flexibility index (Phi) is 4.08. The monoisotopic (exact) mass is 279 g/mol. The van der Waals surface area contributed by atoms with Crippen molar-refractivity contribution < 1.29 is 18.0 Å². The molecule has 0 bridgehead atoms. The molecule has 2 aromatic rings. The molecule has 0 amide bonds. The molecule has 5 heteroatoms. The van der Waals surface area contributed by atoms with Gasteiger partial charge in [0.2, 0.25) is 0 Å². The topological polar surface area (TPSA) is 21.6 Å². The Balaban J connectivity index is 2.39. The van der Waals surface area contributed by atoms with Gasteiger partial charge in [-0.3, -0.25) is 0 Å². The van der Waals surface area contributed by atoms with Crippen molar-refractivity contribution in [2.45, 2.75) is 6.18 Å². The number of hydrogen-bond donors (Lipinski definition) is 0. The lowest BCUT2D eigenvalue weighted by molar-refractivity contribution is -0.137. The summed E-state index contributed by atoms with van der Waals surface area (Å²) in [6.45, 7) is 0. The fourth-order valence-electron chi connectivity index (χ4n) is 1.78. The predicted octanol–water partition coefficient (Wildman–Crippen LogP) is 4.10. The Morgan fingerprint density at radius 3 is 1.95 bits per heavy atom. The van der Waals surface area contributed by atoms with Gasteiger partial charge in [0.05, 0.1) is 5.56 Å². The number of rotatable bonds is 3. The number of hydrogen-bond acceptors (Lipinski definition) is 2. The van der Waals surface area contributed by atoms with Gasteiger partial charge >= 0.3 is 6.18 Å². The molecule has 104 valence electrons. The molecule has 0 radical (unpaired) electrons. The molecule has 2 aromatic carbocycles. The van der Waals surface area contributed by atoms with Crippen LogP contribution in [0.5, 0.6) is 0 Å². The van der Waals surface area contributed by atoms with Crippen molar-refractivity contribution in [1.82, 2.24) is 0 Å². The standard InChI is InChI=1S/C15H12F3NO/c1-20-19-14(11-5-3-2-4-6-11)12-7-9-13(10-8-12)15(16,17)18/h2-10H,1H3. The second kappa shape index (κ2) is 5.77. The molecule has 0 aromatic heterocycles. The maximum Gasteiger partial charge on any atom is 0.416 e. The SMILES string of the molecule is CON=C(c1ccccc1)c1ccc(C(F)(F)F)cc1. The molecule has 0 fully saturated rings. The summed E-state index contributed by atoms with van der Waals surface area (Å²) < 4.78 is 37.6. The lowest BCUT2D eigenvalue weighted by atomic mass is 10.0. The van der Waals surface area contributed by atoms with Gasteiger partial charge in [0.1, 0.15) is 12.8 Å². The van der Waals surface area contributed by atoms with Crippen LogP contribution in [0.15, 0.2) is 59.8 Å². The molecule has 0 N–H and O–H groups in total. The van der Waals surface area contributed by atoms with Crippen LogP contribution in [0, 0.1) is 0 Å². The molecule has 0 aliphatic heterocycles. The molecule has 0 aliphatic rings. The van der Waals surface area contributed by atoms with Crippen molar-refractivity contribution in [3.63, 3.8) is 0 Å². The smallest absolute Gasteiger partial charge is 0.399 e. The second-order valence-electron chi connectivity index (χ2n) is 4.06. The highest BCUT2D eigenvalue weighted by molar-refractivity contribution is 6.12. The Labute approximate surface area is 114 Å². The fourth-order valence-corrected chi connectivity index (χ4v) is 1.78. The van der Waals surface area contributed by atoms with Crippen molar-refractivity contribution in [1.29, 1.82) is 0 Å². The van der Waals surface area contributed by atoms with Gasteiger partial charge in [0.15, 0.2) is 0 Å². The van der Waals surface area contributed by atoms with Crippen LogP contribution in [-0.4, -0.2) is 12.8 Å². The fraction of sp³-hybridized carbons (Fsp3) is 0.133. The van der Waals surface area contributed by atoms with Crippen molar-refractivity contribution in [3.8, 4) is 0 Å². The van der Waals surface area contributed by atoms with Crippen LogP contribution >= 0.6 is 0 Å². The summed E-state index contributed by atoms with van der Waals surface area (Å²) >= 11 is 0. The first-order valence-electron chi connectivity index (χ1n) is 5.86. The normalized spacial score (nSPS) is 12.3. The highest BCUT2D eigenvalue weighted by Gasteiger charge is 2.30. The van der Waals surface area contributed by atoms with E-state index in [0.29, 0.717) is 11.3 Å². The number of halogens is 3. The van der Waals surface area contributed by atoms with Crippen molar-refractivity contribution >= 4 is 5.71 Å². The average Bonchev–Trinajstić information content (AvgIpc) is 2.45. The quantitative estimate of drug-likeness (QED) is 0.612. The highest BCUT2D eigenvalue weighted by Crippen LogP contribution is 2.29. The van der Waals surface area contributed by atoms with E-state index in [1.807, 2.05) is 30.3 Å². The minimum absolute atomic E-state index is 0.488. The summed E-state index contributed by atoms with van der Waals surface area (Å²) in [7, 11) is 1.40. The van der Waals surface area contributed by atoms with Gasteiger partial charge in [0, 0.05) is 11.1 Å². The number of oxime groups is 1. The third-order valence-corrected chi connectivity index (χ3v) is 2.72. The molecule has 0 spiro atoms. The molecule has 0 saturated carbocycles. The molecule has 0 heterocycles. The van der Waals surface area contributed by atoms with Gasteiger partial charge in [-0.25, -0.2) is 0 Å². The molecular formula is C15H12F3NO. The van der Waals surface area contributed by atoms with E-state index in [9.17, 15) is 13.2 Å². The molecule has 0 aliphatic carbocycles. The largest absolute Gasteiger partial charge is 0.416 e. The van der Waals surface area contributed by atoms with Crippen molar-refractivity contribution in [2.24, 2.45) is 5.16 Å². The van der Waals surface area contributed by atoms with Crippen LogP contribution in [0.4, 0.5) is 13.2 Å². The number of alkyl halides is 3. The molecule has 0 saturated heterocycles. The van der Waals surface area contributed by atoms with E-state index in [-0.39, 0.29) is 0 Å². The molecule has 20 heavy (non-hydrogen) atoms. The zero-order valence-corrected chi connectivity index (χ0v) is 10.7. The summed E-state index contributed by atoms with van der Waals surface area (Å²) in [5, 5.41) is 3.89. The summed E-state index contributed by atoms with van der Waals surface area (Å²) in [5.74, 6) is 0. The third kappa shape index (κ3) is 3.17. The van der Waals surface area contributed by atoms with E-state index in [2.05, 4.69) is 5.16 Å². The number of benzene rings is 2.